The molecule has 0 fully saturated rings. The summed E-state index contributed by atoms with van der Waals surface area (Å²) < 4.78 is 5.92. The van der Waals surface area contributed by atoms with Gasteiger partial charge >= 0.3 is 0 Å². The van der Waals surface area contributed by atoms with Crippen molar-refractivity contribution in [3.05, 3.63) is 105 Å². The summed E-state index contributed by atoms with van der Waals surface area (Å²) in [6, 6.07) is 21.1. The normalized spacial score (nSPS) is 15.0. The average molecular weight is 541 g/mol. The number of carbonyl (C=O) groups is 2. The second-order valence-electron chi connectivity index (χ2n) is 9.22. The second-order valence-corrected chi connectivity index (χ2v) is 10.2. The minimum atomic E-state index is -0.716. The molecule has 0 saturated heterocycles. The van der Waals surface area contributed by atoms with E-state index in [0.717, 1.165) is 29.7 Å². The number of hydrogen-bond acceptors (Lipinski definition) is 6. The summed E-state index contributed by atoms with van der Waals surface area (Å²) in [5.74, 6) is 0.0557. The SMILES string of the molecule is CCc1cccc(CC)c1NC(=O)CSC1=C(C#N)C(c2ccc(C)o2)C(C(=O)Nc2ccccc2)=C(C)N1. The van der Waals surface area contributed by atoms with Gasteiger partial charge in [-0.3, -0.25) is 9.59 Å². The lowest BCUT2D eigenvalue weighted by Gasteiger charge is -2.28. The first-order valence-corrected chi connectivity index (χ1v) is 13.9. The Morgan fingerprint density at radius 2 is 1.67 bits per heavy atom. The van der Waals surface area contributed by atoms with Crippen molar-refractivity contribution in [3.8, 4) is 6.07 Å². The lowest BCUT2D eigenvalue weighted by Crippen LogP contribution is -2.31. The molecular weight excluding hydrogens is 508 g/mol. The number of hydrogen-bond donors (Lipinski definition) is 3. The molecule has 0 aliphatic carbocycles. The standard InChI is InChI=1S/C31H32N4O3S/c1-5-21-11-10-12-22(6-2)29(21)35-26(36)18-39-31-24(17-32)28(25-16-15-19(3)38-25)27(20(4)33-31)30(37)34-23-13-8-7-9-14-23/h7-16,28,33H,5-6,18H2,1-4H3,(H,34,37)(H,35,36). The van der Waals surface area contributed by atoms with Crippen LogP contribution in [0.4, 0.5) is 11.4 Å². The minimum Gasteiger partial charge on any atom is -0.465 e. The van der Waals surface area contributed by atoms with Crippen LogP contribution in [0.5, 0.6) is 0 Å². The summed E-state index contributed by atoms with van der Waals surface area (Å²) in [5, 5.41) is 20.0. The zero-order valence-corrected chi connectivity index (χ0v) is 23.4. The minimum absolute atomic E-state index is 0.0947. The molecule has 2 heterocycles. The van der Waals surface area contributed by atoms with Crippen LogP contribution < -0.4 is 16.0 Å². The number of thioether (sulfide) groups is 1. The molecule has 8 heteroatoms. The molecule has 2 aromatic carbocycles. The fourth-order valence-electron chi connectivity index (χ4n) is 4.66. The van der Waals surface area contributed by atoms with Gasteiger partial charge in [-0.05, 0) is 62.1 Å². The lowest BCUT2D eigenvalue weighted by molar-refractivity contribution is -0.114. The number of benzene rings is 2. The van der Waals surface area contributed by atoms with Crippen molar-refractivity contribution < 1.29 is 14.0 Å². The van der Waals surface area contributed by atoms with Crippen molar-refractivity contribution in [2.45, 2.75) is 46.5 Å². The van der Waals surface area contributed by atoms with Gasteiger partial charge in [0.15, 0.2) is 0 Å². The van der Waals surface area contributed by atoms with Gasteiger partial charge in [-0.15, -0.1) is 0 Å². The van der Waals surface area contributed by atoms with Crippen LogP contribution in [0.1, 0.15) is 49.3 Å². The molecular formula is C31H32N4O3S. The summed E-state index contributed by atoms with van der Waals surface area (Å²) in [7, 11) is 0. The topological polar surface area (TPSA) is 107 Å². The van der Waals surface area contributed by atoms with Gasteiger partial charge in [-0.25, -0.2) is 0 Å². The molecule has 39 heavy (non-hydrogen) atoms. The Balaban J connectivity index is 1.61. The number of para-hydroxylation sites is 2. The van der Waals surface area contributed by atoms with Gasteiger partial charge in [0, 0.05) is 17.1 Å². The van der Waals surface area contributed by atoms with Crippen molar-refractivity contribution in [1.82, 2.24) is 5.32 Å². The molecule has 0 radical (unpaired) electrons. The Morgan fingerprint density at radius 1 is 0.974 bits per heavy atom. The number of nitrogens with zero attached hydrogens (tertiary/aromatic N) is 1. The number of carbonyl (C=O) groups excluding carboxylic acids is 2. The summed E-state index contributed by atoms with van der Waals surface area (Å²) in [5.41, 5.74) is 4.99. The lowest BCUT2D eigenvalue weighted by atomic mass is 9.85. The highest BCUT2D eigenvalue weighted by atomic mass is 32.2. The van der Waals surface area contributed by atoms with E-state index in [2.05, 4.69) is 35.9 Å². The fourth-order valence-corrected chi connectivity index (χ4v) is 5.55. The Kier molecular flexibility index (Phi) is 8.95. The van der Waals surface area contributed by atoms with E-state index in [-0.39, 0.29) is 17.6 Å². The third-order valence-corrected chi connectivity index (χ3v) is 7.60. The number of dihydropyridines is 1. The van der Waals surface area contributed by atoms with Crippen molar-refractivity contribution in [2.24, 2.45) is 0 Å². The molecule has 2 amide bonds. The molecule has 1 atom stereocenters. The van der Waals surface area contributed by atoms with Crippen molar-refractivity contribution in [2.75, 3.05) is 16.4 Å². The molecule has 1 aliphatic rings. The largest absolute Gasteiger partial charge is 0.465 e. The summed E-state index contributed by atoms with van der Waals surface area (Å²) in [6.07, 6.45) is 1.62. The van der Waals surface area contributed by atoms with Gasteiger partial charge in [0.05, 0.1) is 33.9 Å². The molecule has 1 aromatic heterocycles. The van der Waals surface area contributed by atoms with Gasteiger partial charge in [0.25, 0.3) is 5.91 Å². The van der Waals surface area contributed by atoms with Crippen LogP contribution in [0.25, 0.3) is 0 Å². The third-order valence-electron chi connectivity index (χ3n) is 6.58. The van der Waals surface area contributed by atoms with Crippen LogP contribution in [0.15, 0.2) is 87.0 Å². The highest BCUT2D eigenvalue weighted by Crippen LogP contribution is 2.41. The predicted molar refractivity (Wildman–Crippen MR) is 156 cm³/mol. The fraction of sp³-hybridized carbons (Fsp3) is 0.258. The van der Waals surface area contributed by atoms with E-state index in [9.17, 15) is 14.9 Å². The molecule has 200 valence electrons. The third kappa shape index (κ3) is 6.27. The molecule has 0 bridgehead atoms. The Labute approximate surface area is 233 Å². The van der Waals surface area contributed by atoms with Crippen LogP contribution in [0, 0.1) is 18.3 Å². The number of allylic oxidation sites excluding steroid dienone is 2. The molecule has 1 unspecified atom stereocenters. The van der Waals surface area contributed by atoms with Crippen LogP contribution in [-0.4, -0.2) is 17.6 Å². The summed E-state index contributed by atoms with van der Waals surface area (Å²) >= 11 is 1.24. The maximum atomic E-state index is 13.5. The van der Waals surface area contributed by atoms with Crippen LogP contribution in [-0.2, 0) is 22.4 Å². The zero-order valence-electron chi connectivity index (χ0n) is 22.6. The first-order valence-electron chi connectivity index (χ1n) is 12.9. The Hall–Kier alpha value is -4.22. The zero-order chi connectivity index (χ0) is 27.9. The second kappa shape index (κ2) is 12.5. The molecule has 0 saturated carbocycles. The quantitative estimate of drug-likeness (QED) is 0.289. The maximum Gasteiger partial charge on any atom is 0.254 e. The molecule has 0 spiro atoms. The van der Waals surface area contributed by atoms with Gasteiger partial charge in [0.1, 0.15) is 11.5 Å². The van der Waals surface area contributed by atoms with E-state index in [1.54, 1.807) is 25.1 Å². The van der Waals surface area contributed by atoms with E-state index >= 15 is 0 Å². The average Bonchev–Trinajstić information content (AvgIpc) is 3.37. The molecule has 3 aromatic rings. The van der Waals surface area contributed by atoms with E-state index in [0.29, 0.717) is 39.1 Å². The number of nitrogens with one attached hydrogen (secondary N) is 3. The van der Waals surface area contributed by atoms with E-state index in [4.69, 9.17) is 4.42 Å². The highest BCUT2D eigenvalue weighted by molar-refractivity contribution is 8.03. The van der Waals surface area contributed by atoms with E-state index in [1.165, 1.54) is 11.8 Å². The van der Waals surface area contributed by atoms with Crippen LogP contribution in [0.2, 0.25) is 0 Å². The predicted octanol–water partition coefficient (Wildman–Crippen LogP) is 6.42. The molecule has 4 rings (SSSR count). The molecule has 1 aliphatic heterocycles. The number of aryl methyl sites for hydroxylation is 3. The first kappa shape index (κ1) is 27.8. The van der Waals surface area contributed by atoms with Crippen molar-refractivity contribution >= 4 is 35.0 Å². The highest BCUT2D eigenvalue weighted by Gasteiger charge is 2.36. The number of amides is 2. The first-order chi connectivity index (χ1) is 18.9. The number of nitriles is 1. The van der Waals surface area contributed by atoms with Gasteiger partial charge in [-0.2, -0.15) is 5.26 Å². The summed E-state index contributed by atoms with van der Waals surface area (Å²) in [4.78, 5) is 26.5. The van der Waals surface area contributed by atoms with Crippen LogP contribution >= 0.6 is 11.8 Å². The Morgan fingerprint density at radius 3 is 2.26 bits per heavy atom. The molecule has 3 N–H and O–H groups in total. The van der Waals surface area contributed by atoms with Gasteiger partial charge in [0.2, 0.25) is 5.91 Å². The van der Waals surface area contributed by atoms with Crippen molar-refractivity contribution in [1.29, 1.82) is 5.26 Å². The van der Waals surface area contributed by atoms with Gasteiger partial charge < -0.3 is 20.4 Å². The van der Waals surface area contributed by atoms with Crippen molar-refractivity contribution in [3.63, 3.8) is 0 Å². The monoisotopic (exact) mass is 540 g/mol. The Bertz CT molecular complexity index is 1460. The molecule has 7 nitrogen and oxygen atoms in total. The smallest absolute Gasteiger partial charge is 0.254 e. The van der Waals surface area contributed by atoms with E-state index in [1.807, 2.05) is 49.4 Å². The maximum absolute atomic E-state index is 13.5. The van der Waals surface area contributed by atoms with Gasteiger partial charge in [-0.1, -0.05) is 62.0 Å². The number of rotatable bonds is 9. The van der Waals surface area contributed by atoms with Crippen LogP contribution in [0.3, 0.4) is 0 Å². The summed E-state index contributed by atoms with van der Waals surface area (Å²) in [6.45, 7) is 7.74. The van der Waals surface area contributed by atoms with E-state index < -0.39 is 5.92 Å². The number of anilines is 2. The number of furan rings is 1.